The third kappa shape index (κ3) is 5.17. The van der Waals surface area contributed by atoms with Gasteiger partial charge in [-0.15, -0.1) is 0 Å². The average molecular weight is 251 g/mol. The molecular formula is C14H21NO3. The predicted octanol–water partition coefficient (Wildman–Crippen LogP) is 2.28. The van der Waals surface area contributed by atoms with E-state index in [9.17, 15) is 9.59 Å². The lowest BCUT2D eigenvalue weighted by Gasteiger charge is -2.06. The molecule has 0 aliphatic heterocycles. The maximum Gasteiger partial charge on any atom is 0.326 e. The molecule has 0 saturated carbocycles. The number of hydrogen-bond donors (Lipinski definition) is 0. The summed E-state index contributed by atoms with van der Waals surface area (Å²) in [7, 11) is 0. The first-order valence-corrected chi connectivity index (χ1v) is 6.46. The molecule has 0 aromatic carbocycles. The average Bonchev–Trinajstić information content (AvgIpc) is 2.32. The molecule has 100 valence electrons. The smallest absolute Gasteiger partial charge is 0.326 e. The molecule has 0 aliphatic carbocycles. The Bertz CT molecular complexity index is 437. The molecule has 0 fully saturated rings. The van der Waals surface area contributed by atoms with Crippen molar-refractivity contribution in [1.29, 1.82) is 0 Å². The minimum atomic E-state index is -0.350. The first-order valence-electron chi connectivity index (χ1n) is 6.46. The van der Waals surface area contributed by atoms with Crippen LogP contribution in [0.3, 0.4) is 0 Å². The monoisotopic (exact) mass is 251 g/mol. The summed E-state index contributed by atoms with van der Waals surface area (Å²) in [6.07, 6.45) is 5.91. The Morgan fingerprint density at radius 3 is 2.78 bits per heavy atom. The van der Waals surface area contributed by atoms with Gasteiger partial charge in [-0.25, -0.2) is 0 Å². The highest BCUT2D eigenvalue weighted by Gasteiger charge is 2.05. The number of rotatable bonds is 7. The van der Waals surface area contributed by atoms with Crippen LogP contribution in [0.1, 0.15) is 38.2 Å². The van der Waals surface area contributed by atoms with Crippen molar-refractivity contribution in [1.82, 2.24) is 4.57 Å². The van der Waals surface area contributed by atoms with Crippen LogP contribution in [0, 0.1) is 6.92 Å². The van der Waals surface area contributed by atoms with Crippen LogP contribution in [0.25, 0.3) is 0 Å². The summed E-state index contributed by atoms with van der Waals surface area (Å²) >= 11 is 0. The standard InChI is InChI=1S/C14H21NO3/c1-3-4-5-6-9-18-14(17)11-15-8-7-12(2)10-13(15)16/h7-8,10H,3-6,9,11H2,1-2H3. The number of esters is 1. The fourth-order valence-electron chi connectivity index (χ4n) is 1.64. The molecule has 0 aliphatic rings. The van der Waals surface area contributed by atoms with Crippen molar-refractivity contribution in [2.45, 2.75) is 46.1 Å². The van der Waals surface area contributed by atoms with E-state index in [-0.39, 0.29) is 18.1 Å². The fourth-order valence-corrected chi connectivity index (χ4v) is 1.64. The minimum absolute atomic E-state index is 0.00705. The number of carbonyl (C=O) groups excluding carboxylic acids is 1. The van der Waals surface area contributed by atoms with Crippen LogP contribution >= 0.6 is 0 Å². The third-order valence-corrected chi connectivity index (χ3v) is 2.71. The van der Waals surface area contributed by atoms with Gasteiger partial charge in [0.25, 0.3) is 5.56 Å². The van der Waals surface area contributed by atoms with Gasteiger partial charge in [0, 0.05) is 12.3 Å². The molecule has 0 amide bonds. The Morgan fingerprint density at radius 1 is 1.33 bits per heavy atom. The molecule has 0 N–H and O–H groups in total. The predicted molar refractivity (Wildman–Crippen MR) is 70.5 cm³/mol. The van der Waals surface area contributed by atoms with Crippen molar-refractivity contribution >= 4 is 5.97 Å². The van der Waals surface area contributed by atoms with Crippen molar-refractivity contribution < 1.29 is 9.53 Å². The van der Waals surface area contributed by atoms with Crippen LogP contribution in [0.4, 0.5) is 0 Å². The van der Waals surface area contributed by atoms with E-state index in [1.165, 1.54) is 10.6 Å². The van der Waals surface area contributed by atoms with Gasteiger partial charge in [-0.3, -0.25) is 9.59 Å². The molecule has 0 spiro atoms. The van der Waals surface area contributed by atoms with E-state index < -0.39 is 0 Å². The van der Waals surface area contributed by atoms with E-state index in [2.05, 4.69) is 6.92 Å². The van der Waals surface area contributed by atoms with Gasteiger partial charge in [0.1, 0.15) is 6.54 Å². The van der Waals surface area contributed by atoms with Gasteiger partial charge in [0.2, 0.25) is 0 Å². The molecule has 1 rings (SSSR count). The summed E-state index contributed by atoms with van der Waals surface area (Å²) in [6.45, 7) is 4.42. The topological polar surface area (TPSA) is 48.3 Å². The van der Waals surface area contributed by atoms with Gasteiger partial charge in [0.05, 0.1) is 6.61 Å². The number of nitrogens with zero attached hydrogens (tertiary/aromatic N) is 1. The summed E-state index contributed by atoms with van der Waals surface area (Å²) in [5, 5.41) is 0. The number of aromatic nitrogens is 1. The van der Waals surface area contributed by atoms with E-state index in [0.717, 1.165) is 31.2 Å². The normalized spacial score (nSPS) is 10.3. The van der Waals surface area contributed by atoms with Crippen LogP contribution in [0.2, 0.25) is 0 Å². The Balaban J connectivity index is 2.33. The number of unbranched alkanes of at least 4 members (excludes halogenated alkanes) is 3. The van der Waals surface area contributed by atoms with E-state index in [0.29, 0.717) is 6.61 Å². The van der Waals surface area contributed by atoms with Gasteiger partial charge in [-0.2, -0.15) is 0 Å². The van der Waals surface area contributed by atoms with Crippen LogP contribution in [-0.4, -0.2) is 17.1 Å². The fraction of sp³-hybridized carbons (Fsp3) is 0.571. The van der Waals surface area contributed by atoms with Gasteiger partial charge in [-0.05, 0) is 25.0 Å². The van der Waals surface area contributed by atoms with Crippen molar-refractivity contribution in [2.75, 3.05) is 6.61 Å². The van der Waals surface area contributed by atoms with Crippen molar-refractivity contribution in [3.63, 3.8) is 0 Å². The number of carbonyl (C=O) groups is 1. The zero-order valence-electron chi connectivity index (χ0n) is 11.1. The molecule has 0 saturated heterocycles. The first-order chi connectivity index (χ1) is 8.63. The number of aryl methyl sites for hydroxylation is 1. The summed E-state index contributed by atoms with van der Waals surface area (Å²) < 4.78 is 6.44. The molecule has 1 aromatic rings. The molecule has 4 heteroatoms. The third-order valence-electron chi connectivity index (χ3n) is 2.71. The Labute approximate surface area is 108 Å². The van der Waals surface area contributed by atoms with Crippen molar-refractivity contribution in [3.05, 3.63) is 34.2 Å². The SMILES string of the molecule is CCCCCCOC(=O)Cn1ccc(C)cc1=O. The van der Waals surface area contributed by atoms with Crippen molar-refractivity contribution in [2.24, 2.45) is 0 Å². The molecule has 0 bridgehead atoms. The highest BCUT2D eigenvalue weighted by Crippen LogP contribution is 1.99. The Morgan fingerprint density at radius 2 is 2.11 bits per heavy atom. The highest BCUT2D eigenvalue weighted by atomic mass is 16.5. The van der Waals surface area contributed by atoms with E-state index >= 15 is 0 Å². The van der Waals surface area contributed by atoms with E-state index in [1.807, 2.05) is 6.92 Å². The largest absolute Gasteiger partial charge is 0.464 e. The minimum Gasteiger partial charge on any atom is -0.464 e. The highest BCUT2D eigenvalue weighted by molar-refractivity contribution is 5.69. The number of hydrogen-bond acceptors (Lipinski definition) is 3. The lowest BCUT2D eigenvalue weighted by atomic mass is 10.2. The number of ether oxygens (including phenoxy) is 1. The maximum atomic E-state index is 11.5. The molecule has 1 heterocycles. The molecular weight excluding hydrogens is 230 g/mol. The van der Waals surface area contributed by atoms with Gasteiger partial charge in [-0.1, -0.05) is 26.2 Å². The van der Waals surface area contributed by atoms with Gasteiger partial charge >= 0.3 is 5.97 Å². The second-order valence-corrected chi connectivity index (χ2v) is 4.45. The lowest BCUT2D eigenvalue weighted by molar-refractivity contribution is -0.144. The second-order valence-electron chi connectivity index (χ2n) is 4.45. The zero-order valence-corrected chi connectivity index (χ0v) is 11.1. The van der Waals surface area contributed by atoms with Crippen LogP contribution in [-0.2, 0) is 16.1 Å². The molecule has 0 atom stereocenters. The summed E-state index contributed by atoms with van der Waals surface area (Å²) in [4.78, 5) is 23.0. The summed E-state index contributed by atoms with van der Waals surface area (Å²) in [6, 6.07) is 3.31. The van der Waals surface area contributed by atoms with Crippen molar-refractivity contribution in [3.8, 4) is 0 Å². The molecule has 4 nitrogen and oxygen atoms in total. The second kappa shape index (κ2) is 7.69. The quantitative estimate of drug-likeness (QED) is 0.552. The Kier molecular flexibility index (Phi) is 6.19. The van der Waals surface area contributed by atoms with Gasteiger partial charge in [0.15, 0.2) is 0 Å². The summed E-state index contributed by atoms with van der Waals surface area (Å²) in [5.41, 5.74) is 0.724. The van der Waals surface area contributed by atoms with Crippen LogP contribution in [0.15, 0.2) is 23.1 Å². The Hall–Kier alpha value is -1.58. The summed E-state index contributed by atoms with van der Waals surface area (Å²) in [5.74, 6) is -0.350. The van der Waals surface area contributed by atoms with E-state index in [4.69, 9.17) is 4.74 Å². The zero-order chi connectivity index (χ0) is 13.4. The molecule has 0 unspecified atom stereocenters. The van der Waals surface area contributed by atoms with Crippen LogP contribution < -0.4 is 5.56 Å². The van der Waals surface area contributed by atoms with Gasteiger partial charge < -0.3 is 9.30 Å². The maximum absolute atomic E-state index is 11.5. The molecule has 0 radical (unpaired) electrons. The number of pyridine rings is 1. The van der Waals surface area contributed by atoms with Crippen LogP contribution in [0.5, 0.6) is 0 Å². The molecule has 1 aromatic heterocycles. The molecule has 18 heavy (non-hydrogen) atoms. The lowest BCUT2D eigenvalue weighted by Crippen LogP contribution is -2.24. The first kappa shape index (κ1) is 14.5. The van der Waals surface area contributed by atoms with E-state index in [1.54, 1.807) is 12.3 Å².